The van der Waals surface area contributed by atoms with Crippen LogP contribution in [0.25, 0.3) is 0 Å². The zero-order chi connectivity index (χ0) is 19.4. The van der Waals surface area contributed by atoms with Crippen molar-refractivity contribution in [2.75, 3.05) is 5.32 Å². The van der Waals surface area contributed by atoms with E-state index >= 15 is 0 Å². The summed E-state index contributed by atoms with van der Waals surface area (Å²) < 4.78 is 4.81. The molecule has 0 heterocycles. The van der Waals surface area contributed by atoms with Crippen molar-refractivity contribution in [3.8, 4) is 5.75 Å². The first kappa shape index (κ1) is 19.5. The zero-order valence-electron chi connectivity index (χ0n) is 13.7. The highest BCUT2D eigenvalue weighted by Crippen LogP contribution is 2.33. The molecule has 8 nitrogen and oxygen atoms in total. The second-order valence-electron chi connectivity index (χ2n) is 5.74. The average molecular weight is 382 g/mol. The van der Waals surface area contributed by atoms with E-state index in [9.17, 15) is 29.4 Å². The van der Waals surface area contributed by atoms with Crippen LogP contribution in [0.1, 0.15) is 30.1 Å². The molecule has 0 radical (unpaired) electrons. The van der Waals surface area contributed by atoms with Crippen molar-refractivity contribution in [3.05, 3.63) is 34.9 Å². The zero-order valence-corrected chi connectivity index (χ0v) is 14.4. The van der Waals surface area contributed by atoms with Gasteiger partial charge in [-0.1, -0.05) is 17.7 Å². The molecule has 26 heavy (non-hydrogen) atoms. The lowest BCUT2D eigenvalue weighted by Gasteiger charge is -2.26. The molecular formula is C17H16ClNO7. The van der Waals surface area contributed by atoms with Gasteiger partial charge in [-0.15, -0.1) is 0 Å². The van der Waals surface area contributed by atoms with Crippen molar-refractivity contribution in [3.63, 3.8) is 0 Å². The minimum Gasteiger partial charge on any atom is -0.481 e. The van der Waals surface area contributed by atoms with E-state index < -0.39 is 35.7 Å². The Labute approximate surface area is 153 Å². The molecule has 0 fully saturated rings. The standard InChI is InChI=1S/C17H16ClNO7/c1-8(20)26-14-5-3-10(7-13(14)17(24)25)19-15(21)12-6-9(18)2-4-11(12)16(22)23/h2-3,5,7,11-12H,4,6H2,1H3,(H,19,21)(H,22,23)(H,24,25)/t11-,12+/m1/s1. The van der Waals surface area contributed by atoms with Crippen LogP contribution in [0.5, 0.6) is 5.75 Å². The number of nitrogens with one attached hydrogen (secondary N) is 1. The Kier molecular flexibility index (Phi) is 5.99. The molecule has 0 saturated carbocycles. The third-order valence-electron chi connectivity index (χ3n) is 3.88. The Morgan fingerprint density at radius 2 is 1.88 bits per heavy atom. The fourth-order valence-corrected chi connectivity index (χ4v) is 2.91. The van der Waals surface area contributed by atoms with Gasteiger partial charge in [0.25, 0.3) is 0 Å². The number of hydrogen-bond acceptors (Lipinski definition) is 5. The van der Waals surface area contributed by atoms with Crippen LogP contribution >= 0.6 is 11.6 Å². The van der Waals surface area contributed by atoms with E-state index in [1.807, 2.05) is 0 Å². The molecule has 2 atom stereocenters. The first-order valence-electron chi connectivity index (χ1n) is 7.63. The normalized spacial score (nSPS) is 19.2. The number of esters is 1. The number of benzene rings is 1. The van der Waals surface area contributed by atoms with Crippen LogP contribution in [0.15, 0.2) is 29.3 Å². The minimum absolute atomic E-state index is 0.0850. The van der Waals surface area contributed by atoms with Gasteiger partial charge in [0.15, 0.2) is 0 Å². The molecule has 9 heteroatoms. The summed E-state index contributed by atoms with van der Waals surface area (Å²) in [4.78, 5) is 46.2. The summed E-state index contributed by atoms with van der Waals surface area (Å²) in [7, 11) is 0. The van der Waals surface area contributed by atoms with E-state index in [1.165, 1.54) is 12.1 Å². The second kappa shape index (κ2) is 8.01. The fraction of sp³-hybridized carbons (Fsp3) is 0.294. The summed E-state index contributed by atoms with van der Waals surface area (Å²) in [6.45, 7) is 1.13. The van der Waals surface area contributed by atoms with Gasteiger partial charge in [0, 0.05) is 17.6 Å². The van der Waals surface area contributed by atoms with Crippen LogP contribution in [0.2, 0.25) is 0 Å². The lowest BCUT2D eigenvalue weighted by molar-refractivity contribution is -0.146. The topological polar surface area (TPSA) is 130 Å². The van der Waals surface area contributed by atoms with Crippen molar-refractivity contribution < 1.29 is 34.1 Å². The van der Waals surface area contributed by atoms with Gasteiger partial charge in [-0.25, -0.2) is 4.79 Å². The molecule has 0 aromatic heterocycles. The van der Waals surface area contributed by atoms with Crippen LogP contribution in [0.4, 0.5) is 5.69 Å². The summed E-state index contributed by atoms with van der Waals surface area (Å²) in [5, 5.41) is 21.4. The summed E-state index contributed by atoms with van der Waals surface area (Å²) >= 11 is 5.93. The number of halogens is 1. The van der Waals surface area contributed by atoms with Crippen molar-refractivity contribution >= 4 is 41.1 Å². The van der Waals surface area contributed by atoms with Gasteiger partial charge in [0.2, 0.25) is 5.91 Å². The summed E-state index contributed by atoms with van der Waals surface area (Å²) in [5.74, 6) is -5.68. The van der Waals surface area contributed by atoms with Gasteiger partial charge < -0.3 is 20.3 Å². The van der Waals surface area contributed by atoms with E-state index in [0.29, 0.717) is 5.03 Å². The Morgan fingerprint density at radius 3 is 2.46 bits per heavy atom. The molecule has 138 valence electrons. The Bertz CT molecular complexity index is 802. The first-order chi connectivity index (χ1) is 12.2. The Hall–Kier alpha value is -2.87. The van der Waals surface area contributed by atoms with Gasteiger partial charge in [-0.05, 0) is 31.0 Å². The third kappa shape index (κ3) is 4.60. The number of aromatic carboxylic acids is 1. The van der Waals surface area contributed by atoms with Crippen molar-refractivity contribution in [2.24, 2.45) is 11.8 Å². The van der Waals surface area contributed by atoms with Crippen molar-refractivity contribution in [2.45, 2.75) is 19.8 Å². The second-order valence-corrected chi connectivity index (χ2v) is 6.23. The molecule has 2 rings (SSSR count). The van der Waals surface area contributed by atoms with E-state index in [0.717, 1.165) is 13.0 Å². The Balaban J connectivity index is 2.24. The summed E-state index contributed by atoms with van der Waals surface area (Å²) in [5.41, 5.74) is -0.174. The number of anilines is 1. The molecule has 1 aliphatic carbocycles. The van der Waals surface area contributed by atoms with E-state index in [4.69, 9.17) is 16.3 Å². The van der Waals surface area contributed by atoms with Gasteiger partial charge in [0.1, 0.15) is 11.3 Å². The van der Waals surface area contributed by atoms with E-state index in [2.05, 4.69) is 5.32 Å². The largest absolute Gasteiger partial charge is 0.481 e. The maximum absolute atomic E-state index is 12.5. The summed E-state index contributed by atoms with van der Waals surface area (Å²) in [6.07, 6.45) is 1.79. The number of hydrogen-bond donors (Lipinski definition) is 3. The quantitative estimate of drug-likeness (QED) is 0.527. The van der Waals surface area contributed by atoms with E-state index in [-0.39, 0.29) is 29.8 Å². The highest BCUT2D eigenvalue weighted by molar-refractivity contribution is 6.29. The molecule has 0 aliphatic heterocycles. The predicted octanol–water partition coefficient (Wildman–Crippen LogP) is 2.48. The number of carboxylic acids is 2. The van der Waals surface area contributed by atoms with Crippen LogP contribution in [-0.2, 0) is 14.4 Å². The number of ether oxygens (including phenoxy) is 1. The molecule has 0 spiro atoms. The molecule has 0 unspecified atom stereocenters. The lowest BCUT2D eigenvalue weighted by Crippen LogP contribution is -2.35. The molecule has 1 amide bonds. The number of rotatable bonds is 5. The number of carboxylic acid groups (broad SMARTS) is 2. The minimum atomic E-state index is -1.34. The molecule has 0 bridgehead atoms. The monoisotopic (exact) mass is 381 g/mol. The van der Waals surface area contributed by atoms with Crippen LogP contribution < -0.4 is 10.1 Å². The first-order valence-corrected chi connectivity index (χ1v) is 8.00. The highest BCUT2D eigenvalue weighted by Gasteiger charge is 2.36. The highest BCUT2D eigenvalue weighted by atomic mass is 35.5. The van der Waals surface area contributed by atoms with Gasteiger partial charge in [0.05, 0.1) is 11.8 Å². The predicted molar refractivity (Wildman–Crippen MR) is 91.1 cm³/mol. The SMILES string of the molecule is CC(=O)Oc1ccc(NC(=O)[C@H]2CC(Cl)=CC[C@H]2C(=O)O)cc1C(=O)O. The molecule has 1 aliphatic rings. The maximum Gasteiger partial charge on any atom is 0.339 e. The fourth-order valence-electron chi connectivity index (χ4n) is 2.66. The van der Waals surface area contributed by atoms with Crippen molar-refractivity contribution in [1.29, 1.82) is 0 Å². The molecule has 1 aromatic carbocycles. The van der Waals surface area contributed by atoms with Crippen LogP contribution in [0.3, 0.4) is 0 Å². The van der Waals surface area contributed by atoms with Gasteiger partial charge in [-0.2, -0.15) is 0 Å². The number of amides is 1. The average Bonchev–Trinajstić information content (AvgIpc) is 2.55. The number of carbonyl (C=O) groups excluding carboxylic acids is 2. The van der Waals surface area contributed by atoms with Crippen LogP contribution in [-0.4, -0.2) is 34.0 Å². The molecule has 3 N–H and O–H groups in total. The Morgan fingerprint density at radius 1 is 1.19 bits per heavy atom. The molecule has 1 aromatic rings. The summed E-state index contributed by atoms with van der Waals surface area (Å²) in [6, 6.07) is 3.73. The molecule has 0 saturated heterocycles. The third-order valence-corrected chi connectivity index (χ3v) is 4.19. The van der Waals surface area contributed by atoms with Crippen LogP contribution in [0, 0.1) is 11.8 Å². The maximum atomic E-state index is 12.5. The van der Waals surface area contributed by atoms with Gasteiger partial charge in [-0.3, -0.25) is 14.4 Å². The van der Waals surface area contributed by atoms with Crippen molar-refractivity contribution in [1.82, 2.24) is 0 Å². The number of carbonyl (C=O) groups is 4. The molecular weight excluding hydrogens is 366 g/mol. The van der Waals surface area contributed by atoms with Gasteiger partial charge >= 0.3 is 17.9 Å². The number of aliphatic carboxylic acids is 1. The van der Waals surface area contributed by atoms with E-state index in [1.54, 1.807) is 6.08 Å². The lowest BCUT2D eigenvalue weighted by atomic mass is 9.82. The smallest absolute Gasteiger partial charge is 0.339 e. The number of allylic oxidation sites excluding steroid dienone is 2.